The zero-order valence-electron chi connectivity index (χ0n) is 32.8. The Morgan fingerprint density at radius 3 is 1.40 bits per heavy atom. The highest BCUT2D eigenvalue weighted by atomic mass is 19.4. The Balaban J connectivity index is 1.35. The van der Waals surface area contributed by atoms with Gasteiger partial charge in [0.15, 0.2) is 17.5 Å². The molecule has 0 spiro atoms. The lowest BCUT2D eigenvalue weighted by Crippen LogP contribution is -2.12. The summed E-state index contributed by atoms with van der Waals surface area (Å²) in [4.78, 5) is 14.3. The number of alkyl halides is 12. The van der Waals surface area contributed by atoms with Gasteiger partial charge in [0.2, 0.25) is 0 Å². The van der Waals surface area contributed by atoms with E-state index in [2.05, 4.69) is 0 Å². The molecule has 0 aliphatic heterocycles. The number of fused-ring (bicyclic) bond motifs is 3. The van der Waals surface area contributed by atoms with Crippen molar-refractivity contribution in [1.82, 2.24) is 19.5 Å². The average molecular weight is 899 g/mol. The lowest BCUT2D eigenvalue weighted by atomic mass is 9.95. The maximum Gasteiger partial charge on any atom is 0.417 e. The molecule has 0 bridgehead atoms. The van der Waals surface area contributed by atoms with Crippen LogP contribution in [0.15, 0.2) is 158 Å². The monoisotopic (exact) mass is 898 g/mol. The van der Waals surface area contributed by atoms with Crippen molar-refractivity contribution in [3.05, 3.63) is 180 Å². The van der Waals surface area contributed by atoms with E-state index in [1.165, 1.54) is 36.4 Å². The van der Waals surface area contributed by atoms with E-state index >= 15 is 0 Å². The van der Waals surface area contributed by atoms with E-state index in [0.29, 0.717) is 51.1 Å². The Hall–Kier alpha value is -7.49. The smallest absolute Gasteiger partial charge is 0.308 e. The Kier molecular flexibility index (Phi) is 10.3. The van der Waals surface area contributed by atoms with E-state index in [1.54, 1.807) is 89.5 Å². The molecule has 9 rings (SSSR count). The van der Waals surface area contributed by atoms with Gasteiger partial charge in [-0.1, -0.05) is 97.1 Å². The van der Waals surface area contributed by atoms with Crippen molar-refractivity contribution in [3.8, 4) is 62.1 Å². The summed E-state index contributed by atoms with van der Waals surface area (Å²) in [6.07, 6.45) is -20.6. The van der Waals surface area contributed by atoms with Gasteiger partial charge >= 0.3 is 24.7 Å². The number of nitrogens with zero attached hydrogens (tertiary/aromatic N) is 4. The van der Waals surface area contributed by atoms with Crippen molar-refractivity contribution in [1.29, 1.82) is 0 Å². The van der Waals surface area contributed by atoms with Crippen molar-refractivity contribution in [3.63, 3.8) is 0 Å². The van der Waals surface area contributed by atoms with Crippen LogP contribution in [0.2, 0.25) is 0 Å². The highest BCUT2D eigenvalue weighted by Gasteiger charge is 2.39. The van der Waals surface area contributed by atoms with Gasteiger partial charge in [-0.05, 0) is 82.9 Å². The van der Waals surface area contributed by atoms with Gasteiger partial charge in [0.1, 0.15) is 0 Å². The first-order valence-corrected chi connectivity index (χ1v) is 19.4. The van der Waals surface area contributed by atoms with Crippen LogP contribution >= 0.6 is 0 Å². The largest absolute Gasteiger partial charge is 0.417 e. The van der Waals surface area contributed by atoms with Crippen molar-refractivity contribution < 1.29 is 52.7 Å². The minimum atomic E-state index is -5.24. The van der Waals surface area contributed by atoms with E-state index in [-0.39, 0.29) is 57.5 Å². The van der Waals surface area contributed by atoms with Crippen LogP contribution in [0.25, 0.3) is 83.9 Å². The van der Waals surface area contributed by atoms with Crippen LogP contribution in [0.4, 0.5) is 52.7 Å². The van der Waals surface area contributed by atoms with Crippen molar-refractivity contribution in [2.75, 3.05) is 0 Å². The number of rotatable bonds is 6. The minimum Gasteiger partial charge on any atom is -0.308 e. The zero-order chi connectivity index (χ0) is 46.1. The second-order valence-electron chi connectivity index (χ2n) is 14.9. The molecule has 4 nitrogen and oxygen atoms in total. The molecule has 2 aromatic heterocycles. The summed E-state index contributed by atoms with van der Waals surface area (Å²) in [5, 5.41) is 0.774. The molecule has 0 saturated heterocycles. The van der Waals surface area contributed by atoms with Gasteiger partial charge in [-0.2, -0.15) is 52.7 Å². The Morgan fingerprint density at radius 2 is 0.831 bits per heavy atom. The number of hydrogen-bond donors (Lipinski definition) is 0. The number of halogens is 12. The summed E-state index contributed by atoms with van der Waals surface area (Å²) >= 11 is 0. The molecule has 0 aliphatic carbocycles. The molecule has 0 fully saturated rings. The first-order chi connectivity index (χ1) is 30.7. The normalized spacial score (nSPS) is 12.6. The standard InChI is InChI=1S/C49H26F12N4/c50-46(51,52)32-17-19-35(39(26-32)49(59,60)61)30-15-18-37(45-63-43(27-9-3-1-4-10-27)62-44(64-45)28-11-5-2-6-12-28)42(24-30)65-40-14-8-7-13-36(40)38-23-29(16-20-41(38)65)31-21-33(47(53,54)55)25-34(22-31)48(56,57)58/h1-26H. The van der Waals surface area contributed by atoms with Crippen LogP contribution in [0.5, 0.6) is 0 Å². The highest BCUT2D eigenvalue weighted by molar-refractivity contribution is 6.11. The number of benzene rings is 7. The molecule has 0 radical (unpaired) electrons. The van der Waals surface area contributed by atoms with Gasteiger partial charge in [0.25, 0.3) is 0 Å². The van der Waals surface area contributed by atoms with Crippen LogP contribution in [-0.4, -0.2) is 19.5 Å². The molecule has 7 aromatic carbocycles. The molecular formula is C49H26F12N4. The summed E-state index contributed by atoms with van der Waals surface area (Å²) in [5.74, 6) is 0.476. The number of hydrogen-bond acceptors (Lipinski definition) is 3. The fourth-order valence-corrected chi connectivity index (χ4v) is 7.74. The van der Waals surface area contributed by atoms with Gasteiger partial charge in [-0.3, -0.25) is 0 Å². The molecular weight excluding hydrogens is 873 g/mol. The molecule has 326 valence electrons. The minimum absolute atomic E-state index is 0.0111. The van der Waals surface area contributed by atoms with Gasteiger partial charge in [0, 0.05) is 27.5 Å². The molecule has 0 N–H and O–H groups in total. The molecule has 16 heteroatoms. The third-order valence-electron chi connectivity index (χ3n) is 10.7. The van der Waals surface area contributed by atoms with Crippen molar-refractivity contribution in [2.24, 2.45) is 0 Å². The highest BCUT2D eigenvalue weighted by Crippen LogP contribution is 2.45. The predicted octanol–water partition coefficient (Wildman–Crippen LogP) is 15.4. The second-order valence-corrected chi connectivity index (χ2v) is 14.9. The van der Waals surface area contributed by atoms with Gasteiger partial charge in [-0.15, -0.1) is 0 Å². The molecule has 0 atom stereocenters. The van der Waals surface area contributed by atoms with Crippen molar-refractivity contribution in [2.45, 2.75) is 24.7 Å². The van der Waals surface area contributed by atoms with E-state index in [4.69, 9.17) is 15.0 Å². The molecule has 0 aliphatic rings. The van der Waals surface area contributed by atoms with E-state index in [9.17, 15) is 52.7 Å². The van der Waals surface area contributed by atoms with E-state index < -0.39 is 52.5 Å². The summed E-state index contributed by atoms with van der Waals surface area (Å²) in [6.45, 7) is 0. The SMILES string of the molecule is FC(F)(F)c1cc(-c2ccc3c(c2)c2ccccc2n3-c2cc(-c3ccc(C(F)(F)F)cc3C(F)(F)F)ccc2-c2nc(-c3ccccc3)nc(-c3ccccc3)n2)cc(C(F)(F)F)c1. The molecule has 9 aromatic rings. The fraction of sp³-hybridized carbons (Fsp3) is 0.0816. The number of para-hydroxylation sites is 1. The Morgan fingerprint density at radius 1 is 0.323 bits per heavy atom. The Bertz CT molecular complexity index is 3170. The first-order valence-electron chi connectivity index (χ1n) is 19.4. The molecule has 0 saturated carbocycles. The summed E-state index contributed by atoms with van der Waals surface area (Å²) in [5.41, 5.74) is -5.06. The molecule has 0 unspecified atom stereocenters. The van der Waals surface area contributed by atoms with Gasteiger partial charge in [0.05, 0.1) is 39.0 Å². The quantitative estimate of drug-likeness (QED) is 0.156. The fourth-order valence-electron chi connectivity index (χ4n) is 7.74. The molecule has 0 amide bonds. The van der Waals surface area contributed by atoms with Crippen molar-refractivity contribution >= 4 is 21.8 Å². The van der Waals surface area contributed by atoms with E-state index in [0.717, 1.165) is 6.07 Å². The maximum atomic E-state index is 14.7. The lowest BCUT2D eigenvalue weighted by Gasteiger charge is -2.19. The topological polar surface area (TPSA) is 43.6 Å². The molecule has 2 heterocycles. The van der Waals surface area contributed by atoms with E-state index in [1.807, 2.05) is 0 Å². The predicted molar refractivity (Wildman–Crippen MR) is 221 cm³/mol. The molecule has 65 heavy (non-hydrogen) atoms. The average Bonchev–Trinajstić information content (AvgIpc) is 3.61. The zero-order valence-corrected chi connectivity index (χ0v) is 32.8. The summed E-state index contributed by atoms with van der Waals surface area (Å²) in [7, 11) is 0. The summed E-state index contributed by atoms with van der Waals surface area (Å²) in [6, 6.07) is 35.0. The number of aromatic nitrogens is 4. The lowest BCUT2D eigenvalue weighted by molar-refractivity contribution is -0.144. The second kappa shape index (κ2) is 15.6. The van der Waals surface area contributed by atoms with Crippen LogP contribution in [0.3, 0.4) is 0 Å². The maximum absolute atomic E-state index is 14.7. The third-order valence-corrected chi connectivity index (χ3v) is 10.7. The van der Waals surface area contributed by atoms with Crippen LogP contribution in [-0.2, 0) is 24.7 Å². The first kappa shape index (κ1) is 42.8. The Labute approximate surface area is 360 Å². The summed E-state index contributed by atoms with van der Waals surface area (Å²) < 4.78 is 171. The van der Waals surface area contributed by atoms with Crippen LogP contribution in [0, 0.1) is 0 Å². The van der Waals surface area contributed by atoms with Crippen LogP contribution in [0.1, 0.15) is 22.3 Å². The van der Waals surface area contributed by atoms with Gasteiger partial charge < -0.3 is 4.57 Å². The van der Waals surface area contributed by atoms with Crippen LogP contribution < -0.4 is 0 Å². The third kappa shape index (κ3) is 8.27. The van der Waals surface area contributed by atoms with Gasteiger partial charge in [-0.25, -0.2) is 15.0 Å².